The predicted octanol–water partition coefficient (Wildman–Crippen LogP) is 8.14. The van der Waals surface area contributed by atoms with Gasteiger partial charge in [0.15, 0.2) is 23.1 Å². The molecule has 10 heteroatoms. The summed E-state index contributed by atoms with van der Waals surface area (Å²) in [6.07, 6.45) is 4.64. The molecular weight excluding hydrogens is 639 g/mol. The molecule has 252 valence electrons. The molecule has 0 spiro atoms. The van der Waals surface area contributed by atoms with E-state index in [1.807, 2.05) is 91.0 Å². The van der Waals surface area contributed by atoms with E-state index in [4.69, 9.17) is 9.84 Å². The lowest BCUT2D eigenvalue weighted by molar-refractivity contribution is -0.152. The molecule has 50 heavy (non-hydrogen) atoms. The van der Waals surface area contributed by atoms with Crippen molar-refractivity contribution in [3.63, 3.8) is 0 Å². The number of halogens is 3. The third-order valence-corrected chi connectivity index (χ3v) is 10.5. The minimum Gasteiger partial charge on any atom is -0.469 e. The second kappa shape index (κ2) is 12.7. The lowest BCUT2D eigenvalue weighted by Crippen LogP contribution is -2.52. The summed E-state index contributed by atoms with van der Waals surface area (Å²) in [4.78, 5) is 21.9. The van der Waals surface area contributed by atoms with Gasteiger partial charge in [-0.05, 0) is 60.3 Å². The van der Waals surface area contributed by atoms with Crippen LogP contribution in [0.15, 0.2) is 109 Å². The van der Waals surface area contributed by atoms with Gasteiger partial charge in [0.1, 0.15) is 22.7 Å². The first kappa shape index (κ1) is 31.7. The standard InChI is InChI=1S/C40H34F3N5O2/c1-50-39(49)33-24-17-19-25(20-18-24)34(33)45-37-32(43)22-31(42)36(46-37)35-30-21-29(41)23-44-38(30)48(47-35)40(26-11-5-2-6-12-26,27-13-7-3-8-14-27)28-15-9-4-10-16-28/h2-16,21-25,33-34H,17-20H2,1H3,(H,45,46)/t24?,25?,33-,34?/m0/s1. The zero-order valence-electron chi connectivity index (χ0n) is 27.3. The molecule has 6 aromatic rings. The van der Waals surface area contributed by atoms with Crippen LogP contribution >= 0.6 is 0 Å². The Morgan fingerprint density at radius 2 is 1.34 bits per heavy atom. The molecule has 3 aromatic carbocycles. The van der Waals surface area contributed by atoms with Gasteiger partial charge in [0.25, 0.3) is 0 Å². The highest BCUT2D eigenvalue weighted by Gasteiger charge is 2.48. The van der Waals surface area contributed by atoms with E-state index in [0.29, 0.717) is 0 Å². The fourth-order valence-electron chi connectivity index (χ4n) is 8.31. The second-order valence-corrected chi connectivity index (χ2v) is 13.1. The summed E-state index contributed by atoms with van der Waals surface area (Å²) in [7, 11) is 1.35. The Balaban J connectivity index is 1.36. The number of hydrogen-bond donors (Lipinski definition) is 1. The first-order valence-electron chi connectivity index (χ1n) is 16.8. The van der Waals surface area contributed by atoms with E-state index in [9.17, 15) is 4.79 Å². The molecule has 0 radical (unpaired) electrons. The molecule has 3 aliphatic carbocycles. The van der Waals surface area contributed by atoms with E-state index >= 15 is 13.2 Å². The van der Waals surface area contributed by atoms with E-state index < -0.39 is 35.0 Å². The van der Waals surface area contributed by atoms with Gasteiger partial charge in [-0.2, -0.15) is 5.10 Å². The molecule has 2 atom stereocenters. The number of carbonyl (C=O) groups excluding carboxylic acids is 1. The normalized spacial score (nSPS) is 20.2. The van der Waals surface area contributed by atoms with E-state index in [0.717, 1.165) is 54.6 Å². The van der Waals surface area contributed by atoms with E-state index in [-0.39, 0.29) is 46.0 Å². The smallest absolute Gasteiger partial charge is 0.311 e. The quantitative estimate of drug-likeness (QED) is 0.130. The molecule has 3 heterocycles. The number of methoxy groups -OCH3 is 1. The fraction of sp³-hybridized carbons (Fsp3) is 0.250. The SMILES string of the molecule is COC(=O)[C@H]1C2CCC(CC2)C1Nc1nc(-c2nn(C(c3ccccc3)(c3ccccc3)c3ccccc3)c3ncc(F)cc23)c(F)cc1F. The van der Waals surface area contributed by atoms with Gasteiger partial charge in [0.2, 0.25) is 0 Å². The zero-order valence-corrected chi connectivity index (χ0v) is 27.3. The Morgan fingerprint density at radius 1 is 0.780 bits per heavy atom. The van der Waals surface area contributed by atoms with Gasteiger partial charge in [-0.3, -0.25) is 4.79 Å². The summed E-state index contributed by atoms with van der Waals surface area (Å²) >= 11 is 0. The highest BCUT2D eigenvalue weighted by Crippen LogP contribution is 2.47. The van der Waals surface area contributed by atoms with Gasteiger partial charge in [-0.15, -0.1) is 0 Å². The van der Waals surface area contributed by atoms with E-state index in [2.05, 4.69) is 15.3 Å². The van der Waals surface area contributed by atoms with Crippen LogP contribution in [-0.4, -0.2) is 38.9 Å². The maximum Gasteiger partial charge on any atom is 0.311 e. The third-order valence-electron chi connectivity index (χ3n) is 10.5. The van der Waals surface area contributed by atoms with Crippen LogP contribution < -0.4 is 5.32 Å². The van der Waals surface area contributed by atoms with Crippen LogP contribution in [0.2, 0.25) is 0 Å². The highest BCUT2D eigenvalue weighted by molar-refractivity contribution is 5.91. The number of rotatable bonds is 8. The van der Waals surface area contributed by atoms with Crippen molar-refractivity contribution in [2.24, 2.45) is 17.8 Å². The molecule has 0 aliphatic heterocycles. The minimum atomic E-state index is -1.15. The van der Waals surface area contributed by atoms with Crippen molar-refractivity contribution in [3.8, 4) is 11.4 Å². The van der Waals surface area contributed by atoms with Crippen LogP contribution in [0, 0.1) is 35.2 Å². The molecule has 0 saturated heterocycles. The molecular formula is C40H34F3N5O2. The summed E-state index contributed by atoms with van der Waals surface area (Å²) in [6.45, 7) is 0. The maximum absolute atomic E-state index is 16.0. The van der Waals surface area contributed by atoms with Gasteiger partial charge >= 0.3 is 5.97 Å². The average molecular weight is 674 g/mol. The van der Waals surface area contributed by atoms with Crippen molar-refractivity contribution < 1.29 is 22.7 Å². The zero-order chi connectivity index (χ0) is 34.4. The Morgan fingerprint density at radius 3 is 1.90 bits per heavy atom. The monoisotopic (exact) mass is 673 g/mol. The number of pyridine rings is 2. The van der Waals surface area contributed by atoms with E-state index in [1.165, 1.54) is 13.2 Å². The van der Waals surface area contributed by atoms with Gasteiger partial charge in [-0.25, -0.2) is 27.8 Å². The number of hydrogen-bond acceptors (Lipinski definition) is 6. The highest BCUT2D eigenvalue weighted by atomic mass is 19.1. The number of benzene rings is 3. The summed E-state index contributed by atoms with van der Waals surface area (Å²) in [5, 5.41) is 8.41. The number of anilines is 1. The van der Waals surface area contributed by atoms with Crippen molar-refractivity contribution in [1.29, 1.82) is 0 Å². The topological polar surface area (TPSA) is 81.9 Å². The molecule has 3 aliphatic rings. The van der Waals surface area contributed by atoms with Gasteiger partial charge < -0.3 is 10.1 Å². The largest absolute Gasteiger partial charge is 0.469 e. The minimum absolute atomic E-state index is 0.00518. The fourth-order valence-corrected chi connectivity index (χ4v) is 8.31. The summed E-state index contributed by atoms with van der Waals surface area (Å²) in [5.74, 6) is -3.37. The molecule has 2 bridgehead atoms. The molecule has 3 fully saturated rings. The summed E-state index contributed by atoms with van der Waals surface area (Å²) < 4.78 is 53.5. The van der Waals surface area contributed by atoms with Gasteiger partial charge in [-0.1, -0.05) is 91.0 Å². The van der Waals surface area contributed by atoms with Gasteiger partial charge in [0.05, 0.1) is 24.6 Å². The number of nitrogens with zero attached hydrogens (tertiary/aromatic N) is 4. The molecule has 3 saturated carbocycles. The number of nitrogens with one attached hydrogen (secondary N) is 1. The first-order chi connectivity index (χ1) is 24.4. The maximum atomic E-state index is 16.0. The number of aromatic nitrogens is 4. The summed E-state index contributed by atoms with van der Waals surface area (Å²) in [6, 6.07) is 30.7. The Hall–Kier alpha value is -5.51. The lowest BCUT2D eigenvalue weighted by atomic mass is 9.61. The number of fused-ring (bicyclic) bond motifs is 4. The molecule has 7 nitrogen and oxygen atoms in total. The van der Waals surface area contributed by atoms with Crippen LogP contribution in [0.1, 0.15) is 42.4 Å². The lowest BCUT2D eigenvalue weighted by Gasteiger charge is -2.47. The van der Waals surface area contributed by atoms with Crippen LogP contribution in [-0.2, 0) is 15.1 Å². The molecule has 1 unspecified atom stereocenters. The van der Waals surface area contributed by atoms with Crippen molar-refractivity contribution in [2.75, 3.05) is 12.4 Å². The number of esters is 1. The van der Waals surface area contributed by atoms with E-state index in [1.54, 1.807) is 4.68 Å². The van der Waals surface area contributed by atoms with Crippen LogP contribution in [0.5, 0.6) is 0 Å². The molecule has 0 amide bonds. The van der Waals surface area contributed by atoms with Crippen LogP contribution in [0.4, 0.5) is 19.0 Å². The molecule has 3 aromatic heterocycles. The third kappa shape index (κ3) is 5.12. The average Bonchev–Trinajstić information content (AvgIpc) is 3.52. The van der Waals surface area contributed by atoms with Crippen molar-refractivity contribution in [2.45, 2.75) is 37.3 Å². The van der Waals surface area contributed by atoms with Crippen LogP contribution in [0.3, 0.4) is 0 Å². The first-order valence-corrected chi connectivity index (χ1v) is 16.8. The Bertz CT molecular complexity index is 2070. The van der Waals surface area contributed by atoms with Crippen molar-refractivity contribution >= 4 is 22.8 Å². The number of ether oxygens (including phenoxy) is 1. The predicted molar refractivity (Wildman–Crippen MR) is 184 cm³/mol. The number of carbonyl (C=O) groups is 1. The Labute approximate surface area is 287 Å². The van der Waals surface area contributed by atoms with Crippen LogP contribution in [0.25, 0.3) is 22.4 Å². The molecule has 9 rings (SSSR count). The van der Waals surface area contributed by atoms with Gasteiger partial charge in [0, 0.05) is 12.1 Å². The summed E-state index contributed by atoms with van der Waals surface area (Å²) in [5.41, 5.74) is 1.32. The Kier molecular flexibility index (Phi) is 8.09. The molecule has 1 N–H and O–H groups in total. The van der Waals surface area contributed by atoms with Crippen molar-refractivity contribution in [3.05, 3.63) is 143 Å². The second-order valence-electron chi connectivity index (χ2n) is 13.1. The van der Waals surface area contributed by atoms with Crippen molar-refractivity contribution in [1.82, 2.24) is 19.7 Å².